The maximum Gasteiger partial charge on any atom is 0.334 e. The first-order valence-corrected chi connectivity index (χ1v) is 6.83. The van der Waals surface area contributed by atoms with E-state index in [-0.39, 0.29) is 18.0 Å². The molecule has 0 N–H and O–H groups in total. The number of hydrogen-bond acceptors (Lipinski definition) is 2. The van der Waals surface area contributed by atoms with Crippen molar-refractivity contribution >= 4 is 17.6 Å². The van der Waals surface area contributed by atoms with Crippen LogP contribution in [0.3, 0.4) is 0 Å². The maximum absolute atomic E-state index is 11.7. The zero-order valence-corrected chi connectivity index (χ0v) is 11.7. The second kappa shape index (κ2) is 6.07. The number of rotatable bonds is 4. The lowest BCUT2D eigenvalue weighted by Crippen LogP contribution is -2.12. The van der Waals surface area contributed by atoms with Crippen LogP contribution in [-0.2, 0) is 9.53 Å². The highest BCUT2D eigenvalue weighted by Gasteiger charge is 2.37. The normalized spacial score (nSPS) is 23.1. The molecular formula is C16H17ClO2. The van der Waals surface area contributed by atoms with Crippen molar-refractivity contribution in [3.05, 3.63) is 59.2 Å². The summed E-state index contributed by atoms with van der Waals surface area (Å²) in [6.07, 6.45) is 5.81. The standard InChI is InChI=1S/C16H17ClO2/c1-3-4-5-6-14-15(11(2)16(18)19-14)12-7-9-13(17)10-8-12/h5-10,14-15H,2-4H2,1H3/b6-5+. The molecule has 1 aliphatic heterocycles. The molecule has 0 aromatic heterocycles. The van der Waals surface area contributed by atoms with Gasteiger partial charge in [-0.3, -0.25) is 0 Å². The average Bonchev–Trinajstić information content (AvgIpc) is 2.67. The maximum atomic E-state index is 11.7. The Hall–Kier alpha value is -1.54. The van der Waals surface area contributed by atoms with Crippen molar-refractivity contribution in [3.63, 3.8) is 0 Å². The van der Waals surface area contributed by atoms with E-state index in [1.807, 2.05) is 30.3 Å². The van der Waals surface area contributed by atoms with Gasteiger partial charge in [0.25, 0.3) is 0 Å². The fraction of sp³-hybridized carbons (Fsp3) is 0.312. The lowest BCUT2D eigenvalue weighted by molar-refractivity contribution is -0.137. The van der Waals surface area contributed by atoms with Crippen LogP contribution in [0.1, 0.15) is 31.2 Å². The van der Waals surface area contributed by atoms with Crippen LogP contribution in [0, 0.1) is 0 Å². The largest absolute Gasteiger partial charge is 0.454 e. The summed E-state index contributed by atoms with van der Waals surface area (Å²) in [4.78, 5) is 11.7. The van der Waals surface area contributed by atoms with Gasteiger partial charge in [0.05, 0.1) is 5.92 Å². The number of unbranched alkanes of at least 4 members (excludes halogenated alkanes) is 1. The van der Waals surface area contributed by atoms with Gasteiger partial charge in [0.2, 0.25) is 0 Å². The number of benzene rings is 1. The minimum absolute atomic E-state index is 0.113. The summed E-state index contributed by atoms with van der Waals surface area (Å²) in [6, 6.07) is 7.47. The van der Waals surface area contributed by atoms with Crippen LogP contribution in [0.5, 0.6) is 0 Å². The lowest BCUT2D eigenvalue weighted by Gasteiger charge is -2.14. The van der Waals surface area contributed by atoms with Crippen molar-refractivity contribution in [2.45, 2.75) is 31.8 Å². The molecule has 0 amide bonds. The van der Waals surface area contributed by atoms with Gasteiger partial charge < -0.3 is 4.74 Å². The van der Waals surface area contributed by atoms with Crippen LogP contribution in [0.25, 0.3) is 0 Å². The Balaban J connectivity index is 2.25. The summed E-state index contributed by atoms with van der Waals surface area (Å²) < 4.78 is 5.36. The summed E-state index contributed by atoms with van der Waals surface area (Å²) in [6.45, 7) is 5.96. The zero-order chi connectivity index (χ0) is 13.8. The predicted octanol–water partition coefficient (Wildman–Crippen LogP) is 4.26. The summed E-state index contributed by atoms with van der Waals surface area (Å²) in [5.74, 6) is -0.427. The van der Waals surface area contributed by atoms with Gasteiger partial charge in [-0.05, 0) is 30.2 Å². The number of carbonyl (C=O) groups is 1. The lowest BCUT2D eigenvalue weighted by atomic mass is 9.89. The minimum atomic E-state index is -0.314. The SMILES string of the molecule is C=C1C(=O)OC(/C=C/CCC)C1c1ccc(Cl)cc1. The topological polar surface area (TPSA) is 26.3 Å². The molecule has 0 radical (unpaired) electrons. The third-order valence-corrected chi connectivity index (χ3v) is 3.47. The highest BCUT2D eigenvalue weighted by atomic mass is 35.5. The van der Waals surface area contributed by atoms with E-state index in [1.165, 1.54) is 0 Å². The highest BCUT2D eigenvalue weighted by molar-refractivity contribution is 6.30. The Morgan fingerprint density at radius 2 is 2.05 bits per heavy atom. The first-order chi connectivity index (χ1) is 9.13. The quantitative estimate of drug-likeness (QED) is 0.467. The van der Waals surface area contributed by atoms with Crippen molar-refractivity contribution in [3.8, 4) is 0 Å². The van der Waals surface area contributed by atoms with Gasteiger partial charge in [-0.15, -0.1) is 0 Å². The fourth-order valence-electron chi connectivity index (χ4n) is 2.20. The Morgan fingerprint density at radius 1 is 1.37 bits per heavy atom. The molecule has 0 saturated carbocycles. The molecule has 2 unspecified atom stereocenters. The van der Waals surface area contributed by atoms with Crippen LogP contribution in [-0.4, -0.2) is 12.1 Å². The van der Waals surface area contributed by atoms with E-state index < -0.39 is 0 Å². The number of carbonyl (C=O) groups excluding carboxylic acids is 1. The van der Waals surface area contributed by atoms with Crippen LogP contribution < -0.4 is 0 Å². The Labute approximate surface area is 118 Å². The molecule has 1 aromatic carbocycles. The minimum Gasteiger partial charge on any atom is -0.454 e. The second-order valence-electron chi connectivity index (χ2n) is 4.64. The van der Waals surface area contributed by atoms with Crippen LogP contribution >= 0.6 is 11.6 Å². The molecule has 0 aliphatic carbocycles. The molecule has 3 heteroatoms. The monoisotopic (exact) mass is 276 g/mol. The number of esters is 1. The van der Waals surface area contributed by atoms with Crippen LogP contribution in [0.15, 0.2) is 48.6 Å². The van der Waals surface area contributed by atoms with Gasteiger partial charge in [-0.1, -0.05) is 49.7 Å². The van der Waals surface area contributed by atoms with E-state index in [9.17, 15) is 4.79 Å². The zero-order valence-electron chi connectivity index (χ0n) is 10.9. The summed E-state index contributed by atoms with van der Waals surface area (Å²) in [5, 5.41) is 0.678. The second-order valence-corrected chi connectivity index (χ2v) is 5.08. The van der Waals surface area contributed by atoms with Gasteiger partial charge >= 0.3 is 5.97 Å². The molecule has 2 rings (SSSR count). The van der Waals surface area contributed by atoms with Crippen molar-refractivity contribution in [1.82, 2.24) is 0 Å². The summed E-state index contributed by atoms with van der Waals surface area (Å²) in [7, 11) is 0. The number of ether oxygens (including phenoxy) is 1. The number of hydrogen-bond donors (Lipinski definition) is 0. The van der Waals surface area contributed by atoms with Crippen molar-refractivity contribution in [2.75, 3.05) is 0 Å². The van der Waals surface area contributed by atoms with E-state index in [4.69, 9.17) is 16.3 Å². The molecule has 1 aromatic rings. The van der Waals surface area contributed by atoms with E-state index in [2.05, 4.69) is 19.6 Å². The first-order valence-electron chi connectivity index (χ1n) is 6.45. The molecule has 1 aliphatic rings. The smallest absolute Gasteiger partial charge is 0.334 e. The fourth-order valence-corrected chi connectivity index (χ4v) is 2.33. The van der Waals surface area contributed by atoms with Gasteiger partial charge in [0.1, 0.15) is 6.10 Å². The molecule has 2 nitrogen and oxygen atoms in total. The number of halogens is 1. The molecule has 0 bridgehead atoms. The van der Waals surface area contributed by atoms with Crippen LogP contribution in [0.4, 0.5) is 0 Å². The van der Waals surface area contributed by atoms with Crippen LogP contribution in [0.2, 0.25) is 5.02 Å². The summed E-state index contributed by atoms with van der Waals surface area (Å²) in [5.41, 5.74) is 1.51. The average molecular weight is 277 g/mol. The van der Waals surface area contributed by atoms with Gasteiger partial charge in [0.15, 0.2) is 0 Å². The van der Waals surface area contributed by atoms with Gasteiger partial charge in [-0.25, -0.2) is 4.79 Å². The van der Waals surface area contributed by atoms with E-state index >= 15 is 0 Å². The molecule has 19 heavy (non-hydrogen) atoms. The molecule has 1 saturated heterocycles. The number of cyclic esters (lactones) is 1. The Kier molecular flexibility index (Phi) is 4.43. The summed E-state index contributed by atoms with van der Waals surface area (Å²) >= 11 is 5.89. The van der Waals surface area contributed by atoms with E-state index in [1.54, 1.807) is 0 Å². The molecule has 100 valence electrons. The van der Waals surface area contributed by atoms with Crippen molar-refractivity contribution in [2.24, 2.45) is 0 Å². The number of allylic oxidation sites excluding steroid dienone is 1. The molecule has 2 atom stereocenters. The van der Waals surface area contributed by atoms with Crippen molar-refractivity contribution < 1.29 is 9.53 Å². The molecule has 1 fully saturated rings. The predicted molar refractivity (Wildman–Crippen MR) is 77.3 cm³/mol. The van der Waals surface area contributed by atoms with E-state index in [0.717, 1.165) is 18.4 Å². The Bertz CT molecular complexity index is 502. The van der Waals surface area contributed by atoms with Gasteiger partial charge in [0, 0.05) is 10.6 Å². The van der Waals surface area contributed by atoms with Crippen molar-refractivity contribution in [1.29, 1.82) is 0 Å². The molecule has 0 spiro atoms. The van der Waals surface area contributed by atoms with E-state index in [0.29, 0.717) is 10.6 Å². The van der Waals surface area contributed by atoms with Gasteiger partial charge in [-0.2, -0.15) is 0 Å². The first kappa shape index (κ1) is 13.9. The molecular weight excluding hydrogens is 260 g/mol. The highest BCUT2D eigenvalue weighted by Crippen LogP contribution is 2.36. The third kappa shape index (κ3) is 3.07. The Morgan fingerprint density at radius 3 is 2.68 bits per heavy atom. The molecule has 1 heterocycles. The third-order valence-electron chi connectivity index (χ3n) is 3.22.